The van der Waals surface area contributed by atoms with Gasteiger partial charge in [0.25, 0.3) is 0 Å². The van der Waals surface area contributed by atoms with Crippen LogP contribution in [0, 0.1) is 6.92 Å². The molecular formula is C15H20BNO4. The van der Waals surface area contributed by atoms with E-state index in [-0.39, 0.29) is 16.8 Å². The maximum atomic E-state index is 10.9. The molecule has 0 spiro atoms. The molecule has 1 N–H and O–H groups in total. The molecule has 2 heterocycles. The van der Waals surface area contributed by atoms with E-state index in [1.54, 1.807) is 25.0 Å². The Balaban J connectivity index is 2.13. The highest BCUT2D eigenvalue weighted by molar-refractivity contribution is 6.52. The van der Waals surface area contributed by atoms with Gasteiger partial charge in [-0.05, 0) is 52.3 Å². The summed E-state index contributed by atoms with van der Waals surface area (Å²) in [7, 11) is -0.434. The quantitative estimate of drug-likeness (QED) is 0.866. The molecule has 0 atom stereocenters. The van der Waals surface area contributed by atoms with Gasteiger partial charge in [0, 0.05) is 6.20 Å². The fraction of sp³-hybridized carbons (Fsp3) is 0.467. The molecule has 0 amide bonds. The van der Waals surface area contributed by atoms with Crippen LogP contribution in [0.5, 0.6) is 0 Å². The Morgan fingerprint density at radius 3 is 2.33 bits per heavy atom. The number of nitrogens with zero attached hydrogens (tertiary/aromatic N) is 1. The summed E-state index contributed by atoms with van der Waals surface area (Å²) in [6.07, 6.45) is 3.14. The second-order valence-electron chi connectivity index (χ2n) is 6.21. The second kappa shape index (κ2) is 5.28. The van der Waals surface area contributed by atoms with Crippen molar-refractivity contribution >= 4 is 19.2 Å². The Bertz CT molecular complexity index is 579. The highest BCUT2D eigenvalue weighted by atomic mass is 16.7. The summed E-state index contributed by atoms with van der Waals surface area (Å²) < 4.78 is 11.7. The normalized spacial score (nSPS) is 20.1. The minimum absolute atomic E-state index is 0.211. The van der Waals surface area contributed by atoms with Crippen molar-refractivity contribution < 1.29 is 19.2 Å². The van der Waals surface area contributed by atoms with Gasteiger partial charge in [-0.2, -0.15) is 0 Å². The van der Waals surface area contributed by atoms with Crippen molar-refractivity contribution in [1.29, 1.82) is 0 Å². The fourth-order valence-electron chi connectivity index (χ4n) is 2.04. The minimum atomic E-state index is -0.971. The molecule has 0 aliphatic carbocycles. The Hall–Kier alpha value is -1.66. The van der Waals surface area contributed by atoms with E-state index in [2.05, 4.69) is 4.98 Å². The number of rotatable bonds is 3. The first kappa shape index (κ1) is 15.7. The summed E-state index contributed by atoms with van der Waals surface area (Å²) in [4.78, 5) is 15.1. The zero-order valence-electron chi connectivity index (χ0n) is 13.0. The number of carboxylic acids is 1. The van der Waals surface area contributed by atoms with Crippen LogP contribution in [0.15, 0.2) is 18.2 Å². The van der Waals surface area contributed by atoms with Crippen LogP contribution in [0.1, 0.15) is 49.3 Å². The van der Waals surface area contributed by atoms with E-state index in [9.17, 15) is 4.79 Å². The molecule has 0 saturated carbocycles. The van der Waals surface area contributed by atoms with Crippen LogP contribution in [0.2, 0.25) is 0 Å². The third-order valence-corrected chi connectivity index (χ3v) is 4.06. The molecule has 5 nitrogen and oxygen atoms in total. The molecule has 1 fully saturated rings. The van der Waals surface area contributed by atoms with E-state index in [0.717, 1.165) is 0 Å². The van der Waals surface area contributed by atoms with Gasteiger partial charge in [-0.3, -0.25) is 4.98 Å². The summed E-state index contributed by atoms with van der Waals surface area (Å²) in [5.41, 5.74) is 0.804. The van der Waals surface area contributed by atoms with Crippen molar-refractivity contribution in [1.82, 2.24) is 4.98 Å². The summed E-state index contributed by atoms with van der Waals surface area (Å²) in [6.45, 7) is 9.71. The molecule has 0 bridgehead atoms. The molecule has 1 saturated heterocycles. The van der Waals surface area contributed by atoms with Crippen LogP contribution >= 0.6 is 0 Å². The second-order valence-corrected chi connectivity index (χ2v) is 6.21. The molecule has 0 radical (unpaired) electrons. The molecule has 21 heavy (non-hydrogen) atoms. The lowest BCUT2D eigenvalue weighted by Crippen LogP contribution is -2.41. The lowest BCUT2D eigenvalue weighted by molar-refractivity contribution is 0.00578. The van der Waals surface area contributed by atoms with Crippen LogP contribution in [0.4, 0.5) is 0 Å². The topological polar surface area (TPSA) is 68.7 Å². The van der Waals surface area contributed by atoms with Crippen molar-refractivity contribution in [2.75, 3.05) is 0 Å². The summed E-state index contributed by atoms with van der Waals surface area (Å²) in [5, 5.41) is 8.98. The van der Waals surface area contributed by atoms with Gasteiger partial charge in [-0.15, -0.1) is 0 Å². The Morgan fingerprint density at radius 2 is 1.86 bits per heavy atom. The lowest BCUT2D eigenvalue weighted by Gasteiger charge is -2.32. The van der Waals surface area contributed by atoms with Crippen LogP contribution < -0.4 is 0 Å². The molecule has 6 heteroatoms. The van der Waals surface area contributed by atoms with Crippen LogP contribution in [-0.2, 0) is 9.31 Å². The highest BCUT2D eigenvalue weighted by Crippen LogP contribution is 2.36. The van der Waals surface area contributed by atoms with Gasteiger partial charge in [-0.25, -0.2) is 4.79 Å². The number of carboxylic acid groups (broad SMARTS) is 1. The van der Waals surface area contributed by atoms with Crippen molar-refractivity contribution in [3.05, 3.63) is 35.1 Å². The number of hydrogen-bond donors (Lipinski definition) is 1. The maximum absolute atomic E-state index is 10.9. The van der Waals surface area contributed by atoms with Crippen LogP contribution in [-0.4, -0.2) is 34.4 Å². The Labute approximate surface area is 125 Å². The SMILES string of the molecule is Cc1cc(/C=C/B2OC(C)(C)C(C)(C)O2)ncc1C(=O)O. The average molecular weight is 289 g/mol. The van der Waals surface area contributed by atoms with E-state index in [1.807, 2.05) is 27.7 Å². The van der Waals surface area contributed by atoms with E-state index in [0.29, 0.717) is 11.3 Å². The van der Waals surface area contributed by atoms with E-state index in [1.165, 1.54) is 6.20 Å². The zero-order valence-corrected chi connectivity index (χ0v) is 13.0. The standard InChI is InChI=1S/C15H20BNO4/c1-10-8-11(17-9-12(10)13(18)19)6-7-16-20-14(2,3)15(4,5)21-16/h6-9H,1-5H3,(H,18,19)/b7-6+. The van der Waals surface area contributed by atoms with Crippen molar-refractivity contribution in [2.24, 2.45) is 0 Å². The van der Waals surface area contributed by atoms with Gasteiger partial charge in [0.15, 0.2) is 0 Å². The van der Waals surface area contributed by atoms with Crippen molar-refractivity contribution in [3.63, 3.8) is 0 Å². The summed E-state index contributed by atoms with van der Waals surface area (Å²) in [6, 6.07) is 1.73. The summed E-state index contributed by atoms with van der Waals surface area (Å²) >= 11 is 0. The van der Waals surface area contributed by atoms with Gasteiger partial charge < -0.3 is 14.4 Å². The predicted octanol–water partition coefficient (Wildman–Crippen LogP) is 2.73. The third kappa shape index (κ3) is 3.17. The van der Waals surface area contributed by atoms with Gasteiger partial charge in [0.05, 0.1) is 22.5 Å². The highest BCUT2D eigenvalue weighted by Gasteiger charge is 2.49. The molecule has 0 unspecified atom stereocenters. The van der Waals surface area contributed by atoms with Crippen LogP contribution in [0.3, 0.4) is 0 Å². The molecule has 1 aromatic rings. The average Bonchev–Trinajstić information content (AvgIpc) is 2.55. The van der Waals surface area contributed by atoms with Gasteiger partial charge in [-0.1, -0.05) is 5.98 Å². The van der Waals surface area contributed by atoms with E-state index < -0.39 is 13.1 Å². The number of aromatic nitrogens is 1. The molecule has 1 aliphatic heterocycles. The largest absolute Gasteiger partial charge is 0.487 e. The first-order chi connectivity index (χ1) is 9.62. The predicted molar refractivity (Wildman–Crippen MR) is 81.0 cm³/mol. The number of aryl methyl sites for hydroxylation is 1. The molecule has 0 aromatic carbocycles. The van der Waals surface area contributed by atoms with Gasteiger partial charge >= 0.3 is 13.1 Å². The number of pyridine rings is 1. The first-order valence-corrected chi connectivity index (χ1v) is 6.86. The maximum Gasteiger partial charge on any atom is 0.487 e. The van der Waals surface area contributed by atoms with E-state index >= 15 is 0 Å². The van der Waals surface area contributed by atoms with E-state index in [4.69, 9.17) is 14.4 Å². The number of hydrogen-bond acceptors (Lipinski definition) is 4. The Morgan fingerprint density at radius 1 is 1.29 bits per heavy atom. The van der Waals surface area contributed by atoms with Crippen molar-refractivity contribution in [3.8, 4) is 0 Å². The number of carbonyl (C=O) groups is 1. The molecular weight excluding hydrogens is 269 g/mol. The zero-order chi connectivity index (χ0) is 15.8. The Kier molecular flexibility index (Phi) is 3.95. The van der Waals surface area contributed by atoms with Crippen LogP contribution in [0.25, 0.3) is 6.08 Å². The fourth-order valence-corrected chi connectivity index (χ4v) is 2.04. The van der Waals surface area contributed by atoms with Gasteiger partial charge in [0.2, 0.25) is 0 Å². The summed E-state index contributed by atoms with van der Waals surface area (Å²) in [5.74, 6) is 0.820. The van der Waals surface area contributed by atoms with Crippen molar-refractivity contribution in [2.45, 2.75) is 45.8 Å². The molecule has 2 rings (SSSR count). The minimum Gasteiger partial charge on any atom is -0.478 e. The molecule has 1 aromatic heterocycles. The molecule has 112 valence electrons. The third-order valence-electron chi connectivity index (χ3n) is 4.06. The number of aromatic carboxylic acids is 1. The monoisotopic (exact) mass is 289 g/mol. The first-order valence-electron chi connectivity index (χ1n) is 6.86. The molecule has 1 aliphatic rings. The van der Waals surface area contributed by atoms with Gasteiger partial charge in [0.1, 0.15) is 0 Å². The lowest BCUT2D eigenvalue weighted by atomic mass is 9.89. The smallest absolute Gasteiger partial charge is 0.478 e.